The van der Waals surface area contributed by atoms with E-state index in [1.165, 1.54) is 0 Å². The number of amides is 1. The molecule has 0 aromatic heterocycles. The summed E-state index contributed by atoms with van der Waals surface area (Å²) in [7, 11) is 0. The summed E-state index contributed by atoms with van der Waals surface area (Å²) in [6.45, 7) is 0.983. The average Bonchev–Trinajstić information content (AvgIpc) is 2.67. The topological polar surface area (TPSA) is 66.6 Å². The van der Waals surface area contributed by atoms with Crippen molar-refractivity contribution >= 4 is 27.5 Å². The highest BCUT2D eigenvalue weighted by Gasteiger charge is 2.26. The lowest BCUT2D eigenvalue weighted by molar-refractivity contribution is 0.0766. The molecule has 1 fully saturated rings. The van der Waals surface area contributed by atoms with E-state index in [2.05, 4.69) is 15.9 Å². The second-order valence-corrected chi connectivity index (χ2v) is 4.84. The normalized spacial score (nSPS) is 20.1. The molecule has 2 rings (SSSR count). The van der Waals surface area contributed by atoms with Gasteiger partial charge in [-0.05, 0) is 24.6 Å². The molecule has 1 aromatic carbocycles. The number of anilines is 1. The van der Waals surface area contributed by atoms with Gasteiger partial charge < -0.3 is 15.7 Å². The lowest BCUT2D eigenvalue weighted by Crippen LogP contribution is -2.30. The van der Waals surface area contributed by atoms with Crippen molar-refractivity contribution in [2.24, 2.45) is 0 Å². The van der Waals surface area contributed by atoms with Gasteiger partial charge in [0.1, 0.15) is 0 Å². The predicted molar refractivity (Wildman–Crippen MR) is 65.1 cm³/mol. The Labute approximate surface area is 102 Å². The third-order valence-corrected chi connectivity index (χ3v) is 3.19. The summed E-state index contributed by atoms with van der Waals surface area (Å²) in [5.41, 5.74) is 6.72. The summed E-state index contributed by atoms with van der Waals surface area (Å²) in [6, 6.07) is 5.21. The van der Waals surface area contributed by atoms with E-state index in [-0.39, 0.29) is 5.91 Å². The summed E-state index contributed by atoms with van der Waals surface area (Å²) in [5.74, 6) is -0.115. The maximum Gasteiger partial charge on any atom is 0.256 e. The first-order chi connectivity index (χ1) is 7.58. The fraction of sp³-hybridized carbons (Fsp3) is 0.364. The van der Waals surface area contributed by atoms with Crippen molar-refractivity contribution < 1.29 is 9.90 Å². The van der Waals surface area contributed by atoms with Crippen LogP contribution in [0.4, 0.5) is 5.69 Å². The van der Waals surface area contributed by atoms with Crippen molar-refractivity contribution in [2.45, 2.75) is 12.5 Å². The van der Waals surface area contributed by atoms with E-state index in [0.29, 0.717) is 30.8 Å². The third kappa shape index (κ3) is 2.20. The molecule has 1 aliphatic heterocycles. The molecule has 86 valence electrons. The number of benzene rings is 1. The van der Waals surface area contributed by atoms with E-state index in [1.807, 2.05) is 0 Å². The number of halogens is 1. The molecule has 1 amide bonds. The highest BCUT2D eigenvalue weighted by molar-refractivity contribution is 9.10. The first-order valence-electron chi connectivity index (χ1n) is 5.10. The zero-order chi connectivity index (χ0) is 11.7. The van der Waals surface area contributed by atoms with Crippen LogP contribution < -0.4 is 5.73 Å². The molecule has 0 unspecified atom stereocenters. The Hall–Kier alpha value is -1.07. The molecule has 5 heteroatoms. The largest absolute Gasteiger partial charge is 0.398 e. The Morgan fingerprint density at radius 3 is 2.94 bits per heavy atom. The number of nitrogens with zero attached hydrogens (tertiary/aromatic N) is 1. The maximum atomic E-state index is 12.1. The van der Waals surface area contributed by atoms with Crippen LogP contribution in [0.1, 0.15) is 16.8 Å². The van der Waals surface area contributed by atoms with Gasteiger partial charge in [-0.2, -0.15) is 0 Å². The summed E-state index contributed by atoms with van der Waals surface area (Å²) in [6.07, 6.45) is 0.233. The molecule has 0 aliphatic carbocycles. The number of nitrogen functional groups attached to an aromatic ring is 1. The molecule has 1 aromatic rings. The molecular weight excluding hydrogens is 272 g/mol. The fourth-order valence-electron chi connectivity index (χ4n) is 1.81. The molecule has 0 spiro atoms. The minimum absolute atomic E-state index is 0.115. The summed E-state index contributed by atoms with van der Waals surface area (Å²) in [5, 5.41) is 9.38. The quantitative estimate of drug-likeness (QED) is 0.763. The highest BCUT2D eigenvalue weighted by Crippen LogP contribution is 2.22. The highest BCUT2D eigenvalue weighted by atomic mass is 79.9. The van der Waals surface area contributed by atoms with Crippen molar-refractivity contribution in [2.75, 3.05) is 18.8 Å². The molecule has 4 nitrogen and oxygen atoms in total. The number of hydrogen-bond acceptors (Lipinski definition) is 3. The third-order valence-electron chi connectivity index (χ3n) is 2.70. The van der Waals surface area contributed by atoms with Crippen molar-refractivity contribution in [3.8, 4) is 0 Å². The number of carbonyl (C=O) groups is 1. The first-order valence-corrected chi connectivity index (χ1v) is 5.89. The van der Waals surface area contributed by atoms with Crippen LogP contribution in [0.3, 0.4) is 0 Å². The van der Waals surface area contributed by atoms with Gasteiger partial charge in [-0.25, -0.2) is 0 Å². The minimum atomic E-state index is -0.405. The minimum Gasteiger partial charge on any atom is -0.398 e. The number of hydrogen-bond donors (Lipinski definition) is 2. The van der Waals surface area contributed by atoms with Crippen LogP contribution in [0.15, 0.2) is 22.7 Å². The average molecular weight is 285 g/mol. The van der Waals surface area contributed by atoms with Crippen LogP contribution in [-0.2, 0) is 0 Å². The summed E-state index contributed by atoms with van der Waals surface area (Å²) < 4.78 is 0.824. The molecule has 0 saturated carbocycles. The Bertz CT molecular complexity index is 422. The Balaban J connectivity index is 2.23. The fourth-order valence-corrected chi connectivity index (χ4v) is 2.17. The Morgan fingerprint density at radius 1 is 1.56 bits per heavy atom. The van der Waals surface area contributed by atoms with Crippen LogP contribution >= 0.6 is 15.9 Å². The molecule has 0 bridgehead atoms. The lowest BCUT2D eigenvalue weighted by atomic mass is 10.1. The van der Waals surface area contributed by atoms with Gasteiger partial charge in [-0.15, -0.1) is 0 Å². The molecular formula is C11H13BrN2O2. The van der Waals surface area contributed by atoms with Crippen molar-refractivity contribution in [1.29, 1.82) is 0 Å². The number of likely N-dealkylation sites (tertiary alicyclic amines) is 1. The molecule has 1 saturated heterocycles. The monoisotopic (exact) mass is 284 g/mol. The van der Waals surface area contributed by atoms with E-state index >= 15 is 0 Å². The standard InChI is InChI=1S/C11H13BrN2O2/c12-7-1-2-10(13)9(5-7)11(16)14-4-3-8(15)6-14/h1-2,5,8,15H,3-4,6,13H2/t8-/m1/s1. The maximum absolute atomic E-state index is 12.1. The lowest BCUT2D eigenvalue weighted by Gasteiger charge is -2.16. The smallest absolute Gasteiger partial charge is 0.256 e. The van der Waals surface area contributed by atoms with Gasteiger partial charge in [0.25, 0.3) is 5.91 Å². The zero-order valence-electron chi connectivity index (χ0n) is 8.69. The van der Waals surface area contributed by atoms with Gasteiger partial charge in [0.05, 0.1) is 11.7 Å². The van der Waals surface area contributed by atoms with Crippen LogP contribution in [0.5, 0.6) is 0 Å². The van der Waals surface area contributed by atoms with Gasteiger partial charge in [0, 0.05) is 23.2 Å². The van der Waals surface area contributed by atoms with Gasteiger partial charge in [-0.3, -0.25) is 4.79 Å². The van der Waals surface area contributed by atoms with E-state index in [9.17, 15) is 9.90 Å². The second-order valence-electron chi connectivity index (χ2n) is 3.93. The Morgan fingerprint density at radius 2 is 2.31 bits per heavy atom. The van der Waals surface area contributed by atoms with Gasteiger partial charge in [-0.1, -0.05) is 15.9 Å². The van der Waals surface area contributed by atoms with Crippen LogP contribution in [0.2, 0.25) is 0 Å². The number of nitrogens with two attached hydrogens (primary N) is 1. The van der Waals surface area contributed by atoms with E-state index in [1.54, 1.807) is 23.1 Å². The van der Waals surface area contributed by atoms with Crippen molar-refractivity contribution in [3.63, 3.8) is 0 Å². The predicted octanol–water partition coefficient (Wildman–Crippen LogP) is 1.24. The van der Waals surface area contributed by atoms with Crippen LogP contribution in [0.25, 0.3) is 0 Å². The van der Waals surface area contributed by atoms with E-state index in [4.69, 9.17) is 5.73 Å². The number of carbonyl (C=O) groups excluding carboxylic acids is 1. The number of rotatable bonds is 1. The summed E-state index contributed by atoms with van der Waals surface area (Å²) >= 11 is 3.31. The van der Waals surface area contributed by atoms with Gasteiger partial charge in [0.15, 0.2) is 0 Å². The van der Waals surface area contributed by atoms with E-state index in [0.717, 1.165) is 4.47 Å². The Kier molecular flexibility index (Phi) is 3.16. The van der Waals surface area contributed by atoms with Gasteiger partial charge in [0.2, 0.25) is 0 Å². The van der Waals surface area contributed by atoms with Gasteiger partial charge >= 0.3 is 0 Å². The molecule has 3 N–H and O–H groups in total. The molecule has 1 heterocycles. The van der Waals surface area contributed by atoms with Crippen molar-refractivity contribution in [3.05, 3.63) is 28.2 Å². The molecule has 1 atom stereocenters. The SMILES string of the molecule is Nc1ccc(Br)cc1C(=O)N1CC[C@@H](O)C1. The number of β-amino-alcohol motifs (C(OH)–C–C–N with tert-alkyl or cyclic N) is 1. The van der Waals surface area contributed by atoms with E-state index < -0.39 is 6.10 Å². The first kappa shape index (κ1) is 11.4. The van der Waals surface area contributed by atoms with Crippen LogP contribution in [-0.4, -0.2) is 35.1 Å². The molecule has 1 aliphatic rings. The molecule has 0 radical (unpaired) electrons. The molecule has 16 heavy (non-hydrogen) atoms. The van der Waals surface area contributed by atoms with Crippen LogP contribution in [0, 0.1) is 0 Å². The second kappa shape index (κ2) is 4.43. The van der Waals surface area contributed by atoms with Crippen molar-refractivity contribution in [1.82, 2.24) is 4.90 Å². The number of aliphatic hydroxyl groups is 1. The zero-order valence-corrected chi connectivity index (χ0v) is 10.3. The summed E-state index contributed by atoms with van der Waals surface area (Å²) in [4.78, 5) is 13.7. The number of aliphatic hydroxyl groups excluding tert-OH is 1.